The molecule has 5 saturated carbocycles. The molecule has 0 radical (unpaired) electrons. The van der Waals surface area contributed by atoms with Gasteiger partial charge in [-0.25, -0.2) is 0 Å². The predicted octanol–water partition coefficient (Wildman–Crippen LogP) is 4.20. The standard InChI is InChI=1S/C22H38N2O/c1-15-4-19(12-21(2,3)8-15)24(13-20(23)25)14-22-9-16-5-17(10-22)7-18(6-16)11-22/h15-19H,4-14H2,1-3H3,(H2,23,25). The van der Waals surface area contributed by atoms with Gasteiger partial charge in [-0.1, -0.05) is 20.8 Å². The summed E-state index contributed by atoms with van der Waals surface area (Å²) in [6, 6.07) is 0.541. The third-order valence-electron chi connectivity index (χ3n) is 7.94. The van der Waals surface area contributed by atoms with Crippen molar-refractivity contribution in [1.29, 1.82) is 0 Å². The van der Waals surface area contributed by atoms with Crippen LogP contribution in [-0.2, 0) is 4.79 Å². The van der Waals surface area contributed by atoms with E-state index in [9.17, 15) is 4.79 Å². The highest BCUT2D eigenvalue weighted by Gasteiger charge is 2.52. The first-order valence-corrected chi connectivity index (χ1v) is 10.7. The van der Waals surface area contributed by atoms with E-state index in [1.807, 2.05) is 0 Å². The Morgan fingerprint density at radius 1 is 0.960 bits per heavy atom. The minimum Gasteiger partial charge on any atom is -0.369 e. The summed E-state index contributed by atoms with van der Waals surface area (Å²) in [5, 5.41) is 0. The van der Waals surface area contributed by atoms with Crippen molar-refractivity contribution >= 4 is 5.91 Å². The van der Waals surface area contributed by atoms with Crippen LogP contribution in [0.1, 0.15) is 78.6 Å². The number of hydrogen-bond donors (Lipinski definition) is 1. The number of rotatable bonds is 5. The van der Waals surface area contributed by atoms with E-state index < -0.39 is 0 Å². The normalized spacial score (nSPS) is 45.0. The first kappa shape index (κ1) is 17.8. The minimum absolute atomic E-state index is 0.138. The van der Waals surface area contributed by atoms with Gasteiger partial charge in [-0.15, -0.1) is 0 Å². The molecule has 0 aromatic carbocycles. The van der Waals surface area contributed by atoms with Crippen molar-refractivity contribution in [1.82, 2.24) is 4.90 Å². The summed E-state index contributed by atoms with van der Waals surface area (Å²) in [5.41, 5.74) is 6.57. The van der Waals surface area contributed by atoms with Crippen molar-refractivity contribution in [2.45, 2.75) is 84.6 Å². The third kappa shape index (κ3) is 3.77. The summed E-state index contributed by atoms with van der Waals surface area (Å²) in [7, 11) is 0. The predicted molar refractivity (Wildman–Crippen MR) is 102 cm³/mol. The molecule has 5 rings (SSSR count). The first-order chi connectivity index (χ1) is 11.7. The topological polar surface area (TPSA) is 46.3 Å². The molecule has 0 aliphatic heterocycles. The van der Waals surface area contributed by atoms with Crippen LogP contribution in [0.25, 0.3) is 0 Å². The van der Waals surface area contributed by atoms with Crippen LogP contribution in [0, 0.1) is 34.5 Å². The van der Waals surface area contributed by atoms with Gasteiger partial charge in [-0.3, -0.25) is 9.69 Å². The van der Waals surface area contributed by atoms with Gasteiger partial charge < -0.3 is 5.73 Å². The molecule has 25 heavy (non-hydrogen) atoms. The lowest BCUT2D eigenvalue weighted by atomic mass is 9.49. The zero-order chi connectivity index (χ0) is 17.8. The van der Waals surface area contributed by atoms with Gasteiger partial charge in [0.1, 0.15) is 0 Å². The van der Waals surface area contributed by atoms with Crippen LogP contribution >= 0.6 is 0 Å². The molecule has 2 atom stereocenters. The van der Waals surface area contributed by atoms with Crippen molar-refractivity contribution in [3.05, 3.63) is 0 Å². The van der Waals surface area contributed by atoms with Crippen molar-refractivity contribution in [2.24, 2.45) is 40.2 Å². The Bertz CT molecular complexity index is 491. The van der Waals surface area contributed by atoms with Crippen molar-refractivity contribution < 1.29 is 4.79 Å². The molecule has 5 aliphatic carbocycles. The molecule has 0 heterocycles. The van der Waals surface area contributed by atoms with Gasteiger partial charge in [-0.05, 0) is 92.3 Å². The maximum atomic E-state index is 11.9. The van der Waals surface area contributed by atoms with Gasteiger partial charge >= 0.3 is 0 Å². The lowest BCUT2D eigenvalue weighted by Crippen LogP contribution is -2.55. The molecule has 0 spiro atoms. The molecule has 0 saturated heterocycles. The van der Waals surface area contributed by atoms with Crippen LogP contribution in [0.2, 0.25) is 0 Å². The number of nitrogens with zero attached hydrogens (tertiary/aromatic N) is 1. The first-order valence-electron chi connectivity index (χ1n) is 10.7. The molecule has 0 aromatic rings. The summed E-state index contributed by atoms with van der Waals surface area (Å²) in [6.45, 7) is 8.80. The minimum atomic E-state index is -0.138. The summed E-state index contributed by atoms with van der Waals surface area (Å²) >= 11 is 0. The van der Waals surface area contributed by atoms with E-state index >= 15 is 0 Å². The van der Waals surface area contributed by atoms with E-state index in [0.29, 0.717) is 23.4 Å². The molecule has 2 N–H and O–H groups in total. The maximum Gasteiger partial charge on any atom is 0.231 e. The zero-order valence-electron chi connectivity index (χ0n) is 16.6. The lowest BCUT2D eigenvalue weighted by Gasteiger charge is -2.58. The van der Waals surface area contributed by atoms with Crippen molar-refractivity contribution in [3.8, 4) is 0 Å². The van der Waals surface area contributed by atoms with Crippen LogP contribution in [0.4, 0.5) is 0 Å². The van der Waals surface area contributed by atoms with Crippen molar-refractivity contribution in [3.63, 3.8) is 0 Å². The van der Waals surface area contributed by atoms with Crippen molar-refractivity contribution in [2.75, 3.05) is 13.1 Å². The average molecular weight is 347 g/mol. The number of carbonyl (C=O) groups excluding carboxylic acids is 1. The molecule has 5 fully saturated rings. The molecule has 1 amide bonds. The quantitative estimate of drug-likeness (QED) is 0.811. The second-order valence-electron chi connectivity index (χ2n) is 11.4. The van der Waals surface area contributed by atoms with E-state index in [4.69, 9.17) is 5.73 Å². The number of nitrogens with two attached hydrogens (primary N) is 1. The molecule has 0 aromatic heterocycles. The monoisotopic (exact) mass is 346 g/mol. The number of carbonyl (C=O) groups is 1. The van der Waals surface area contributed by atoms with E-state index in [-0.39, 0.29) is 5.91 Å². The highest BCUT2D eigenvalue weighted by atomic mass is 16.1. The average Bonchev–Trinajstić information content (AvgIpc) is 2.41. The molecule has 142 valence electrons. The van der Waals surface area contributed by atoms with Gasteiger partial charge in [0.15, 0.2) is 0 Å². The highest BCUT2D eigenvalue weighted by Crippen LogP contribution is 2.60. The van der Waals surface area contributed by atoms with Crippen LogP contribution in [0.5, 0.6) is 0 Å². The van der Waals surface area contributed by atoms with Crippen LogP contribution in [-0.4, -0.2) is 29.9 Å². The van der Waals surface area contributed by atoms with E-state index in [1.165, 1.54) is 57.8 Å². The van der Waals surface area contributed by atoms with Gasteiger partial charge in [0.2, 0.25) is 5.91 Å². The maximum absolute atomic E-state index is 11.9. The highest BCUT2D eigenvalue weighted by molar-refractivity contribution is 5.76. The number of primary amides is 1. The van der Waals surface area contributed by atoms with Crippen LogP contribution in [0.15, 0.2) is 0 Å². The Morgan fingerprint density at radius 3 is 2.00 bits per heavy atom. The molecule has 3 heteroatoms. The molecule has 4 bridgehead atoms. The summed E-state index contributed by atoms with van der Waals surface area (Å²) in [4.78, 5) is 14.4. The number of hydrogen-bond acceptors (Lipinski definition) is 2. The number of amides is 1. The smallest absolute Gasteiger partial charge is 0.231 e. The van der Waals surface area contributed by atoms with Crippen LogP contribution < -0.4 is 5.73 Å². The van der Waals surface area contributed by atoms with Gasteiger partial charge in [-0.2, -0.15) is 0 Å². The Kier molecular flexibility index (Phi) is 4.46. The zero-order valence-corrected chi connectivity index (χ0v) is 16.6. The molecule has 2 unspecified atom stereocenters. The SMILES string of the molecule is CC1CC(N(CC(N)=O)CC23CC4CC(CC(C4)C2)C3)CC(C)(C)C1. The van der Waals surface area contributed by atoms with E-state index in [2.05, 4.69) is 25.7 Å². The summed E-state index contributed by atoms with van der Waals surface area (Å²) < 4.78 is 0. The van der Waals surface area contributed by atoms with Crippen LogP contribution in [0.3, 0.4) is 0 Å². The lowest BCUT2D eigenvalue weighted by molar-refractivity contribution is -0.123. The molecule has 3 nitrogen and oxygen atoms in total. The van der Waals surface area contributed by atoms with Gasteiger partial charge in [0.05, 0.1) is 6.54 Å². The van der Waals surface area contributed by atoms with Gasteiger partial charge in [0, 0.05) is 12.6 Å². The summed E-state index contributed by atoms with van der Waals surface area (Å²) in [6.07, 6.45) is 12.5. The fraction of sp³-hybridized carbons (Fsp3) is 0.955. The second kappa shape index (κ2) is 6.25. The molecular formula is C22H38N2O. The molecular weight excluding hydrogens is 308 g/mol. The third-order valence-corrected chi connectivity index (χ3v) is 7.94. The largest absolute Gasteiger partial charge is 0.369 e. The molecule has 5 aliphatic rings. The second-order valence-corrected chi connectivity index (χ2v) is 11.4. The van der Waals surface area contributed by atoms with E-state index in [0.717, 1.165) is 30.2 Å². The Labute approximate surface area is 154 Å². The Morgan fingerprint density at radius 2 is 1.52 bits per heavy atom. The summed E-state index contributed by atoms with van der Waals surface area (Å²) in [5.74, 6) is 3.54. The Balaban J connectivity index is 1.52. The van der Waals surface area contributed by atoms with Gasteiger partial charge in [0.25, 0.3) is 0 Å². The van der Waals surface area contributed by atoms with E-state index in [1.54, 1.807) is 0 Å². The fourth-order valence-corrected chi connectivity index (χ4v) is 8.00. The Hall–Kier alpha value is -0.570. The fourth-order valence-electron chi connectivity index (χ4n) is 8.00.